The summed E-state index contributed by atoms with van der Waals surface area (Å²) in [5.74, 6) is 0.730. The Bertz CT molecular complexity index is 711. The Morgan fingerprint density at radius 2 is 2.12 bits per heavy atom. The van der Waals surface area contributed by atoms with Crippen LogP contribution in [0.4, 0.5) is 5.69 Å². The average Bonchev–Trinajstić information content (AvgIpc) is 3.21. The van der Waals surface area contributed by atoms with Crippen molar-refractivity contribution < 1.29 is 4.79 Å². The number of carbonyl (C=O) groups excluding carboxylic acids is 1. The Morgan fingerprint density at radius 1 is 1.29 bits per heavy atom. The number of amides is 1. The van der Waals surface area contributed by atoms with Crippen LogP contribution in [0.5, 0.6) is 0 Å². The van der Waals surface area contributed by atoms with Crippen molar-refractivity contribution in [3.63, 3.8) is 0 Å². The number of fused-ring (bicyclic) bond motifs is 1. The summed E-state index contributed by atoms with van der Waals surface area (Å²) in [6.07, 6.45) is 3.79. The molecule has 3 heterocycles. The second-order valence-electron chi connectivity index (χ2n) is 7.09. The minimum atomic E-state index is 0.0783. The number of carbonyl (C=O) groups is 1. The van der Waals surface area contributed by atoms with Crippen LogP contribution in [-0.4, -0.2) is 40.6 Å². The van der Waals surface area contributed by atoms with Crippen LogP contribution >= 0.6 is 0 Å². The number of aromatic amines is 1. The van der Waals surface area contributed by atoms with Crippen LogP contribution in [0.15, 0.2) is 36.5 Å². The molecule has 1 aromatic heterocycles. The van der Waals surface area contributed by atoms with E-state index in [4.69, 9.17) is 0 Å². The van der Waals surface area contributed by atoms with Crippen molar-refractivity contribution >= 4 is 11.6 Å². The predicted octanol–water partition coefficient (Wildman–Crippen LogP) is 2.46. The number of H-pyrrole nitrogens is 1. The molecule has 0 saturated carbocycles. The number of likely N-dealkylation sites (tertiary alicyclic amines) is 1. The molecule has 0 aliphatic carbocycles. The van der Waals surface area contributed by atoms with E-state index in [0.717, 1.165) is 50.4 Å². The zero-order valence-electron chi connectivity index (χ0n) is 14.1. The van der Waals surface area contributed by atoms with Crippen LogP contribution in [-0.2, 0) is 17.8 Å². The highest BCUT2D eigenvalue weighted by Gasteiger charge is 2.38. The van der Waals surface area contributed by atoms with Gasteiger partial charge >= 0.3 is 0 Å². The molecule has 5 heteroatoms. The lowest BCUT2D eigenvalue weighted by Crippen LogP contribution is -2.41. The van der Waals surface area contributed by atoms with Gasteiger partial charge < -0.3 is 4.90 Å². The van der Waals surface area contributed by atoms with Crippen LogP contribution in [0, 0.1) is 11.8 Å². The van der Waals surface area contributed by atoms with Gasteiger partial charge in [-0.15, -0.1) is 0 Å². The number of nitrogens with one attached hydrogen (secondary N) is 1. The van der Waals surface area contributed by atoms with E-state index in [1.165, 1.54) is 5.56 Å². The van der Waals surface area contributed by atoms with E-state index in [1.54, 1.807) is 6.20 Å². The summed E-state index contributed by atoms with van der Waals surface area (Å²) >= 11 is 0. The summed E-state index contributed by atoms with van der Waals surface area (Å²) < 4.78 is 0. The van der Waals surface area contributed by atoms with E-state index in [-0.39, 0.29) is 11.8 Å². The van der Waals surface area contributed by atoms with Gasteiger partial charge in [0.2, 0.25) is 5.91 Å². The van der Waals surface area contributed by atoms with Crippen LogP contribution in [0.2, 0.25) is 0 Å². The molecule has 24 heavy (non-hydrogen) atoms. The number of rotatable bonds is 3. The summed E-state index contributed by atoms with van der Waals surface area (Å²) in [4.78, 5) is 17.5. The van der Waals surface area contributed by atoms with Crippen LogP contribution in [0.3, 0.4) is 0 Å². The molecule has 1 amide bonds. The topological polar surface area (TPSA) is 52.2 Å². The Hall–Kier alpha value is -2.14. The molecule has 5 nitrogen and oxygen atoms in total. The van der Waals surface area contributed by atoms with Crippen molar-refractivity contribution in [1.82, 2.24) is 15.1 Å². The molecule has 4 rings (SSSR count). The number of anilines is 1. The van der Waals surface area contributed by atoms with E-state index in [0.29, 0.717) is 5.92 Å². The number of hydrogen-bond donors (Lipinski definition) is 1. The minimum absolute atomic E-state index is 0.0783. The maximum Gasteiger partial charge on any atom is 0.231 e. The highest BCUT2D eigenvalue weighted by Crippen LogP contribution is 2.31. The van der Waals surface area contributed by atoms with Crippen molar-refractivity contribution in [2.45, 2.75) is 26.3 Å². The molecule has 0 radical (unpaired) electrons. The van der Waals surface area contributed by atoms with Crippen molar-refractivity contribution in [1.29, 1.82) is 0 Å². The maximum atomic E-state index is 13.1. The number of aryl methyl sites for hydroxylation is 1. The molecule has 0 spiro atoms. The predicted molar refractivity (Wildman–Crippen MR) is 93.6 cm³/mol. The van der Waals surface area contributed by atoms with Gasteiger partial charge in [0.1, 0.15) is 0 Å². The van der Waals surface area contributed by atoms with Crippen LogP contribution in [0.1, 0.15) is 24.6 Å². The summed E-state index contributed by atoms with van der Waals surface area (Å²) in [7, 11) is 0. The van der Waals surface area contributed by atoms with Gasteiger partial charge in [0, 0.05) is 26.2 Å². The number of aromatic nitrogens is 2. The van der Waals surface area contributed by atoms with Crippen molar-refractivity contribution in [2.24, 2.45) is 11.8 Å². The molecule has 2 aromatic rings. The lowest BCUT2D eigenvalue weighted by molar-refractivity contribution is -0.123. The molecule has 2 atom stereocenters. The van der Waals surface area contributed by atoms with Gasteiger partial charge in [-0.05, 0) is 24.3 Å². The Kier molecular flexibility index (Phi) is 4.10. The van der Waals surface area contributed by atoms with Gasteiger partial charge in [0.25, 0.3) is 0 Å². The first-order chi connectivity index (χ1) is 11.7. The molecule has 1 aromatic carbocycles. The zero-order chi connectivity index (χ0) is 16.5. The first-order valence-electron chi connectivity index (χ1n) is 8.82. The zero-order valence-corrected chi connectivity index (χ0v) is 14.1. The summed E-state index contributed by atoms with van der Waals surface area (Å²) in [6.45, 7) is 5.77. The average molecular weight is 324 g/mol. The van der Waals surface area contributed by atoms with Gasteiger partial charge in [-0.1, -0.05) is 37.3 Å². The largest absolute Gasteiger partial charge is 0.309 e. The van der Waals surface area contributed by atoms with Crippen LogP contribution in [0.25, 0.3) is 0 Å². The van der Waals surface area contributed by atoms with Gasteiger partial charge in [0.05, 0.1) is 23.5 Å². The molecule has 2 aliphatic heterocycles. The second kappa shape index (κ2) is 6.40. The lowest BCUT2D eigenvalue weighted by Gasteiger charge is -2.29. The van der Waals surface area contributed by atoms with Gasteiger partial charge in [-0.3, -0.25) is 14.8 Å². The minimum Gasteiger partial charge on any atom is -0.309 e. The van der Waals surface area contributed by atoms with E-state index in [2.05, 4.69) is 46.3 Å². The van der Waals surface area contributed by atoms with Gasteiger partial charge in [0.15, 0.2) is 0 Å². The summed E-state index contributed by atoms with van der Waals surface area (Å²) in [5, 5.41) is 7.15. The fourth-order valence-corrected chi connectivity index (χ4v) is 4.05. The number of nitrogens with zero attached hydrogens (tertiary/aromatic N) is 3. The highest BCUT2D eigenvalue weighted by atomic mass is 16.2. The Balaban J connectivity index is 1.46. The number of benzene rings is 1. The van der Waals surface area contributed by atoms with Crippen molar-refractivity contribution in [2.75, 3.05) is 24.5 Å². The van der Waals surface area contributed by atoms with Gasteiger partial charge in [-0.2, -0.15) is 5.10 Å². The summed E-state index contributed by atoms with van der Waals surface area (Å²) in [5.41, 5.74) is 3.40. The Labute approximate surface area is 142 Å². The fraction of sp³-hybridized carbons (Fsp3) is 0.474. The molecule has 1 N–H and O–H groups in total. The van der Waals surface area contributed by atoms with E-state index >= 15 is 0 Å². The van der Waals surface area contributed by atoms with Crippen molar-refractivity contribution in [3.05, 3.63) is 47.8 Å². The fourth-order valence-electron chi connectivity index (χ4n) is 4.05. The molecule has 0 unspecified atom stereocenters. The quantitative estimate of drug-likeness (QED) is 0.943. The van der Waals surface area contributed by atoms with E-state index < -0.39 is 0 Å². The third kappa shape index (κ3) is 2.84. The molecule has 126 valence electrons. The summed E-state index contributed by atoms with van der Waals surface area (Å²) in [6, 6.07) is 10.5. The normalized spacial score (nSPS) is 24.1. The molecule has 1 saturated heterocycles. The van der Waals surface area contributed by atoms with E-state index in [1.807, 2.05) is 11.0 Å². The molecular weight excluding hydrogens is 300 g/mol. The third-order valence-electron chi connectivity index (χ3n) is 5.32. The molecular formula is C19H24N4O. The van der Waals surface area contributed by atoms with Crippen molar-refractivity contribution in [3.8, 4) is 0 Å². The standard InChI is InChI=1S/C19H24N4O/c1-14-11-22(12-15-6-3-2-4-7-15)13-16(14)19(24)23-9-5-8-17-18(23)10-20-21-17/h2-4,6-7,10,14,16H,5,8-9,11-13H2,1H3,(H,20,21)/t14-,16-/m1/s1. The monoisotopic (exact) mass is 324 g/mol. The Morgan fingerprint density at radius 3 is 2.96 bits per heavy atom. The van der Waals surface area contributed by atoms with Gasteiger partial charge in [-0.25, -0.2) is 0 Å². The van der Waals surface area contributed by atoms with Crippen LogP contribution < -0.4 is 4.90 Å². The first kappa shape index (κ1) is 15.4. The number of hydrogen-bond acceptors (Lipinski definition) is 3. The maximum absolute atomic E-state index is 13.1. The third-order valence-corrected chi connectivity index (χ3v) is 5.32. The smallest absolute Gasteiger partial charge is 0.231 e. The SMILES string of the molecule is C[C@@H]1CN(Cc2ccccc2)C[C@H]1C(=O)N1CCCc2[nH]ncc21. The second-order valence-corrected chi connectivity index (χ2v) is 7.09. The molecule has 0 bridgehead atoms. The lowest BCUT2D eigenvalue weighted by atomic mass is 9.95. The van der Waals surface area contributed by atoms with E-state index in [9.17, 15) is 4.79 Å². The molecule has 1 fully saturated rings. The highest BCUT2D eigenvalue weighted by molar-refractivity contribution is 5.96. The first-order valence-corrected chi connectivity index (χ1v) is 8.82. The molecule has 2 aliphatic rings.